The molecule has 9 heteroatoms. The van der Waals surface area contributed by atoms with Gasteiger partial charge in [0.2, 0.25) is 0 Å². The van der Waals surface area contributed by atoms with Gasteiger partial charge in [0, 0.05) is 29.7 Å². The summed E-state index contributed by atoms with van der Waals surface area (Å²) in [5.74, 6) is 0.186. The van der Waals surface area contributed by atoms with Crippen LogP contribution >= 0.6 is 11.8 Å². The van der Waals surface area contributed by atoms with E-state index in [0.717, 1.165) is 18.4 Å². The number of nitrogens with zero attached hydrogens (tertiary/aromatic N) is 2. The SMILES string of the molecule is CC1C=C(CC(O)C(=N)N2CSCC2C(=O)N2C=CCC2C(=O)OC2C=C3CC[C@@]2(C)C3(C)C)C=CC1O. The molecule has 0 aromatic carbocycles. The number of amidine groups is 1. The number of carbonyl (C=O) groups excluding carboxylic acids is 2. The van der Waals surface area contributed by atoms with Gasteiger partial charge < -0.3 is 24.7 Å². The Hall–Kier alpha value is -2.36. The second-order valence-electron chi connectivity index (χ2n) is 12.0. The maximum Gasteiger partial charge on any atom is 0.330 e. The third-order valence-corrected chi connectivity index (χ3v) is 10.6. The first-order valence-electron chi connectivity index (χ1n) is 13.5. The van der Waals surface area contributed by atoms with Gasteiger partial charge in [-0.3, -0.25) is 10.2 Å². The molecule has 3 aliphatic carbocycles. The fourth-order valence-electron chi connectivity index (χ4n) is 6.46. The Labute approximate surface area is 229 Å². The molecule has 6 unspecified atom stereocenters. The van der Waals surface area contributed by atoms with E-state index in [1.807, 2.05) is 19.1 Å². The Kier molecular flexibility index (Phi) is 7.16. The molecule has 0 aromatic heterocycles. The summed E-state index contributed by atoms with van der Waals surface area (Å²) in [4.78, 5) is 30.1. The molecule has 7 atom stereocenters. The van der Waals surface area contributed by atoms with Crippen molar-refractivity contribution in [3.8, 4) is 0 Å². The van der Waals surface area contributed by atoms with Crippen LogP contribution < -0.4 is 0 Å². The molecule has 5 aliphatic rings. The largest absolute Gasteiger partial charge is 0.456 e. The third kappa shape index (κ3) is 4.46. The Morgan fingerprint density at radius 3 is 2.68 bits per heavy atom. The molecule has 38 heavy (non-hydrogen) atoms. The molecule has 3 N–H and O–H groups in total. The molecule has 1 saturated carbocycles. The Morgan fingerprint density at radius 1 is 1.26 bits per heavy atom. The second-order valence-corrected chi connectivity index (χ2v) is 13.0. The first-order valence-corrected chi connectivity index (χ1v) is 14.7. The standard InChI is InChI=1S/C29H39N3O5S/c1-17-12-18(7-8-22(17)33)13-23(34)25(30)32-16-38-15-21(32)26(35)31-11-5-6-20(31)27(36)37-24-14-19-9-10-29(24,4)28(19,2)3/h5,7-8,11-12,14,17,20-24,30,33-34H,6,9-10,13,15-16H2,1-4H3/t17?,20?,21?,22?,23?,24?,29-/m1/s1. The van der Waals surface area contributed by atoms with Crippen molar-refractivity contribution in [1.29, 1.82) is 5.41 Å². The van der Waals surface area contributed by atoms with E-state index in [2.05, 4.69) is 26.8 Å². The number of rotatable bonds is 6. The van der Waals surface area contributed by atoms with Crippen LogP contribution in [0.4, 0.5) is 0 Å². The summed E-state index contributed by atoms with van der Waals surface area (Å²) in [5.41, 5.74) is 2.05. The lowest BCUT2D eigenvalue weighted by atomic mass is 9.69. The number of fused-ring (bicyclic) bond motifs is 2. The number of ether oxygens (including phenoxy) is 1. The molecule has 2 bridgehead atoms. The quantitative estimate of drug-likeness (QED) is 0.204. The van der Waals surface area contributed by atoms with Crippen molar-refractivity contribution in [1.82, 2.24) is 9.80 Å². The van der Waals surface area contributed by atoms with Crippen molar-refractivity contribution in [3.63, 3.8) is 0 Å². The average molecular weight is 542 g/mol. The molecule has 0 radical (unpaired) electrons. The Balaban J connectivity index is 1.23. The van der Waals surface area contributed by atoms with Gasteiger partial charge in [-0.15, -0.1) is 11.8 Å². The first-order chi connectivity index (χ1) is 17.9. The van der Waals surface area contributed by atoms with E-state index in [0.29, 0.717) is 18.1 Å². The summed E-state index contributed by atoms with van der Waals surface area (Å²) in [6.07, 6.45) is 11.7. The van der Waals surface area contributed by atoms with E-state index < -0.39 is 30.3 Å². The van der Waals surface area contributed by atoms with Crippen LogP contribution in [0.5, 0.6) is 0 Å². The highest BCUT2D eigenvalue weighted by Gasteiger charge is 2.58. The molecular weight excluding hydrogens is 502 g/mol. The summed E-state index contributed by atoms with van der Waals surface area (Å²) in [6, 6.07) is -1.36. The maximum absolute atomic E-state index is 13.7. The van der Waals surface area contributed by atoms with Gasteiger partial charge in [-0.2, -0.15) is 0 Å². The zero-order chi connectivity index (χ0) is 27.4. The molecule has 0 aromatic rings. The number of aliphatic hydroxyl groups excluding tert-OH is 2. The van der Waals surface area contributed by atoms with E-state index in [9.17, 15) is 19.8 Å². The summed E-state index contributed by atoms with van der Waals surface area (Å²) in [5, 5.41) is 29.4. The monoisotopic (exact) mass is 541 g/mol. The van der Waals surface area contributed by atoms with Crippen molar-refractivity contribution >= 4 is 29.5 Å². The van der Waals surface area contributed by atoms with Crippen LogP contribution in [0.2, 0.25) is 0 Å². The zero-order valence-corrected chi connectivity index (χ0v) is 23.4. The van der Waals surface area contributed by atoms with Gasteiger partial charge in [0.1, 0.15) is 30.1 Å². The topological polar surface area (TPSA) is 114 Å². The lowest BCUT2D eigenvalue weighted by Gasteiger charge is -2.39. The number of thioether (sulfide) groups is 1. The van der Waals surface area contributed by atoms with Gasteiger partial charge in [0.05, 0.1) is 12.0 Å². The minimum atomic E-state index is -1.08. The third-order valence-electron chi connectivity index (χ3n) is 9.60. The van der Waals surface area contributed by atoms with E-state index in [1.54, 1.807) is 23.3 Å². The van der Waals surface area contributed by atoms with Crippen molar-refractivity contribution < 1.29 is 24.5 Å². The molecule has 1 saturated heterocycles. The van der Waals surface area contributed by atoms with Gasteiger partial charge in [-0.1, -0.05) is 57.6 Å². The number of carbonyl (C=O) groups is 2. The second kappa shape index (κ2) is 9.99. The Bertz CT molecular complexity index is 1140. The molecular formula is C29H39N3O5S. The summed E-state index contributed by atoms with van der Waals surface area (Å²) in [6.45, 7) is 8.52. The van der Waals surface area contributed by atoms with Gasteiger partial charge >= 0.3 is 5.97 Å². The zero-order valence-electron chi connectivity index (χ0n) is 22.6. The van der Waals surface area contributed by atoms with Gasteiger partial charge in [-0.05, 0) is 36.3 Å². The number of hydrogen-bond acceptors (Lipinski definition) is 7. The van der Waals surface area contributed by atoms with E-state index in [-0.39, 0.29) is 41.0 Å². The van der Waals surface area contributed by atoms with Crippen LogP contribution in [-0.4, -0.2) is 79.8 Å². The van der Waals surface area contributed by atoms with E-state index in [4.69, 9.17) is 10.1 Å². The lowest BCUT2D eigenvalue weighted by Crippen LogP contribution is -2.53. The number of amides is 1. The molecule has 206 valence electrons. The summed E-state index contributed by atoms with van der Waals surface area (Å²) >= 11 is 1.53. The molecule has 1 amide bonds. The number of nitrogens with one attached hydrogen (secondary N) is 1. The fourth-order valence-corrected chi connectivity index (χ4v) is 7.63. The van der Waals surface area contributed by atoms with E-state index >= 15 is 0 Å². The van der Waals surface area contributed by atoms with Crippen LogP contribution in [0, 0.1) is 22.2 Å². The van der Waals surface area contributed by atoms with Crippen molar-refractivity contribution in [3.05, 3.63) is 47.7 Å². The van der Waals surface area contributed by atoms with E-state index in [1.165, 1.54) is 22.2 Å². The normalized spacial score (nSPS) is 35.9. The highest BCUT2D eigenvalue weighted by atomic mass is 32.2. The highest BCUT2D eigenvalue weighted by molar-refractivity contribution is 7.99. The number of esters is 1. The molecule has 2 fully saturated rings. The van der Waals surface area contributed by atoms with Crippen LogP contribution in [0.1, 0.15) is 53.4 Å². The average Bonchev–Trinajstić information content (AvgIpc) is 3.63. The van der Waals surface area contributed by atoms with Crippen molar-refractivity contribution in [2.45, 2.75) is 83.8 Å². The first kappa shape index (κ1) is 27.2. The highest BCUT2D eigenvalue weighted by Crippen LogP contribution is 2.63. The Morgan fingerprint density at radius 2 is 2.03 bits per heavy atom. The molecule has 8 nitrogen and oxygen atoms in total. The minimum absolute atomic E-state index is 0.00695. The van der Waals surface area contributed by atoms with Crippen LogP contribution in [0.25, 0.3) is 0 Å². The molecule has 2 aliphatic heterocycles. The molecule has 0 spiro atoms. The number of aliphatic hydroxyl groups is 2. The smallest absolute Gasteiger partial charge is 0.330 e. The van der Waals surface area contributed by atoms with Crippen molar-refractivity contribution in [2.24, 2.45) is 16.7 Å². The van der Waals surface area contributed by atoms with Crippen LogP contribution in [-0.2, 0) is 14.3 Å². The summed E-state index contributed by atoms with van der Waals surface area (Å²) < 4.78 is 6.04. The van der Waals surface area contributed by atoms with Crippen LogP contribution in [0.15, 0.2) is 47.7 Å². The lowest BCUT2D eigenvalue weighted by molar-refractivity contribution is -0.162. The van der Waals surface area contributed by atoms with Crippen LogP contribution in [0.3, 0.4) is 0 Å². The number of hydrogen-bond donors (Lipinski definition) is 3. The number of allylic oxidation sites excluding steroid dienone is 2. The van der Waals surface area contributed by atoms with Crippen molar-refractivity contribution in [2.75, 3.05) is 11.6 Å². The minimum Gasteiger partial charge on any atom is -0.456 e. The molecule has 5 rings (SSSR count). The van der Waals surface area contributed by atoms with Gasteiger partial charge in [0.25, 0.3) is 5.91 Å². The van der Waals surface area contributed by atoms with Gasteiger partial charge in [-0.25, -0.2) is 4.79 Å². The predicted octanol–water partition coefficient (Wildman–Crippen LogP) is 3.38. The summed E-state index contributed by atoms with van der Waals surface area (Å²) in [7, 11) is 0. The van der Waals surface area contributed by atoms with Gasteiger partial charge in [0.15, 0.2) is 0 Å². The molecule has 2 heterocycles. The maximum atomic E-state index is 13.7. The predicted molar refractivity (Wildman–Crippen MR) is 147 cm³/mol. The fraction of sp³-hybridized carbons (Fsp3) is 0.621.